The van der Waals surface area contributed by atoms with E-state index in [1.54, 1.807) is 0 Å². The molecule has 2 atom stereocenters. The van der Waals surface area contributed by atoms with Gasteiger partial charge in [0.25, 0.3) is 0 Å². The van der Waals surface area contributed by atoms with E-state index in [-0.39, 0.29) is 24.0 Å². The molecule has 0 radical (unpaired) electrons. The highest BCUT2D eigenvalue weighted by Gasteiger charge is 2.49. The van der Waals surface area contributed by atoms with Crippen LogP contribution >= 0.6 is 0 Å². The van der Waals surface area contributed by atoms with Crippen LogP contribution in [0.15, 0.2) is 133 Å². The van der Waals surface area contributed by atoms with Crippen LogP contribution in [0.25, 0.3) is 11.1 Å². The van der Waals surface area contributed by atoms with Gasteiger partial charge in [0.05, 0.1) is 22.7 Å². The van der Waals surface area contributed by atoms with Crippen molar-refractivity contribution in [2.75, 3.05) is 9.80 Å². The fourth-order valence-corrected chi connectivity index (χ4v) is 10.3. The van der Waals surface area contributed by atoms with E-state index in [1.807, 2.05) is 0 Å². The van der Waals surface area contributed by atoms with Gasteiger partial charge in [-0.3, -0.25) is 0 Å². The van der Waals surface area contributed by atoms with Gasteiger partial charge in [0.15, 0.2) is 23.0 Å². The summed E-state index contributed by atoms with van der Waals surface area (Å²) in [6.45, 7) is 12.1. The van der Waals surface area contributed by atoms with Gasteiger partial charge < -0.3 is 19.3 Å². The highest BCUT2D eigenvalue weighted by molar-refractivity contribution is 7.01. The van der Waals surface area contributed by atoms with E-state index in [4.69, 9.17) is 9.47 Å². The van der Waals surface area contributed by atoms with Gasteiger partial charge in [0.1, 0.15) is 0 Å². The third-order valence-electron chi connectivity index (χ3n) is 12.9. The van der Waals surface area contributed by atoms with Crippen molar-refractivity contribution in [1.82, 2.24) is 0 Å². The number of ether oxygens (including phenoxy) is 2. The average Bonchev–Trinajstić information content (AvgIpc) is 3.53. The molecule has 264 valence electrons. The zero-order valence-electron chi connectivity index (χ0n) is 31.6. The Morgan fingerprint density at radius 1 is 0.455 bits per heavy atom. The lowest BCUT2D eigenvalue weighted by Gasteiger charge is -2.40. The molecule has 7 aromatic carbocycles. The van der Waals surface area contributed by atoms with Crippen LogP contribution in [-0.4, -0.2) is 6.71 Å². The first kappa shape index (κ1) is 31.2. The van der Waals surface area contributed by atoms with E-state index in [9.17, 15) is 0 Å². The largest absolute Gasteiger partial charge is 0.453 e. The minimum Gasteiger partial charge on any atom is -0.453 e. The summed E-state index contributed by atoms with van der Waals surface area (Å²) >= 11 is 0. The second-order valence-electron chi connectivity index (χ2n) is 16.9. The number of hydrogen-bond acceptors (Lipinski definition) is 4. The minimum atomic E-state index is 0.0175. The molecule has 5 aliphatic heterocycles. The van der Waals surface area contributed by atoms with Gasteiger partial charge in [-0.05, 0) is 117 Å². The summed E-state index contributed by atoms with van der Waals surface area (Å²) in [6.07, 6.45) is 0. The molecule has 0 bridgehead atoms. The van der Waals surface area contributed by atoms with Crippen molar-refractivity contribution in [1.29, 1.82) is 0 Å². The summed E-state index contributed by atoms with van der Waals surface area (Å²) in [5.41, 5.74) is 20.9. The molecule has 0 spiro atoms. The van der Waals surface area contributed by atoms with Crippen LogP contribution in [0.2, 0.25) is 0 Å². The summed E-state index contributed by atoms with van der Waals surface area (Å²) in [6, 6.07) is 48.8. The standard InChI is InChI=1S/C50H39BN2O2/c1-28-33-22-30(50(3,4)5)23-34-29(2)36-25-32(53-41-16-8-12-20-45(41)55-46-21-13-9-17-42(46)53)27-38-37-26-31(24-35(28)48(37)51(47(33)34)49(36)38)52-39-14-6-10-18-43(39)54-44-19-11-7-15-40(44)52/h6-29H,1-5H3. The van der Waals surface area contributed by atoms with E-state index < -0.39 is 0 Å². The molecule has 7 aromatic rings. The average molecular weight is 711 g/mol. The molecular formula is C50H39BN2O2. The molecule has 5 aliphatic rings. The summed E-state index contributed by atoms with van der Waals surface area (Å²) < 4.78 is 13.0. The summed E-state index contributed by atoms with van der Waals surface area (Å²) in [5.74, 6) is 3.93. The molecule has 0 aromatic heterocycles. The maximum Gasteiger partial charge on any atom is 0.244 e. The monoisotopic (exact) mass is 710 g/mol. The molecule has 5 heterocycles. The van der Waals surface area contributed by atoms with Crippen molar-refractivity contribution in [3.05, 3.63) is 161 Å². The van der Waals surface area contributed by atoms with Crippen molar-refractivity contribution >= 4 is 57.2 Å². The van der Waals surface area contributed by atoms with E-state index in [0.29, 0.717) is 0 Å². The van der Waals surface area contributed by atoms with Crippen LogP contribution in [-0.2, 0) is 5.41 Å². The smallest absolute Gasteiger partial charge is 0.244 e. The van der Waals surface area contributed by atoms with Crippen LogP contribution in [0.4, 0.5) is 34.1 Å². The lowest BCUT2D eigenvalue weighted by molar-refractivity contribution is 0.476. The number of hydrogen-bond donors (Lipinski definition) is 0. The molecule has 0 N–H and O–H groups in total. The number of benzene rings is 7. The molecule has 0 saturated carbocycles. The van der Waals surface area contributed by atoms with Crippen molar-refractivity contribution < 1.29 is 9.47 Å². The van der Waals surface area contributed by atoms with Crippen LogP contribution in [0, 0.1) is 0 Å². The fourth-order valence-electron chi connectivity index (χ4n) is 10.3. The minimum absolute atomic E-state index is 0.0175. The van der Waals surface area contributed by atoms with Gasteiger partial charge in [-0.15, -0.1) is 0 Å². The molecule has 0 fully saturated rings. The molecule has 0 saturated heterocycles. The van der Waals surface area contributed by atoms with E-state index in [1.165, 1.54) is 55.3 Å². The van der Waals surface area contributed by atoms with Gasteiger partial charge in [-0.2, -0.15) is 0 Å². The van der Waals surface area contributed by atoms with Gasteiger partial charge >= 0.3 is 0 Å². The third-order valence-corrected chi connectivity index (χ3v) is 12.9. The number of nitrogens with zero attached hydrogens (tertiary/aromatic N) is 2. The zero-order valence-corrected chi connectivity index (χ0v) is 31.6. The molecule has 5 heteroatoms. The Hall–Kier alpha value is -6.20. The lowest BCUT2D eigenvalue weighted by atomic mass is 9.31. The SMILES string of the molecule is CC1c2cc(N3c4ccccc4Oc4ccccc43)cc3c2B2c4c-3cc(N3c5ccccc5Oc5ccccc53)cc4C(C)c3cc(C(C)(C)C)cc1c32. The number of anilines is 6. The van der Waals surface area contributed by atoms with Crippen LogP contribution < -0.4 is 35.7 Å². The first-order valence-corrected chi connectivity index (χ1v) is 19.6. The van der Waals surface area contributed by atoms with E-state index in [2.05, 4.69) is 178 Å². The Bertz CT molecular complexity index is 2560. The van der Waals surface area contributed by atoms with Gasteiger partial charge in [0.2, 0.25) is 6.71 Å². The summed E-state index contributed by atoms with van der Waals surface area (Å²) in [4.78, 5) is 4.83. The molecular weight excluding hydrogens is 671 g/mol. The Kier molecular flexibility index (Phi) is 6.08. The Morgan fingerprint density at radius 2 is 0.800 bits per heavy atom. The zero-order chi connectivity index (χ0) is 36.9. The third kappa shape index (κ3) is 4.13. The lowest BCUT2D eigenvalue weighted by Crippen LogP contribution is -2.59. The second-order valence-corrected chi connectivity index (χ2v) is 16.9. The van der Waals surface area contributed by atoms with Gasteiger partial charge in [0, 0.05) is 23.2 Å². The second kappa shape index (κ2) is 10.7. The first-order chi connectivity index (χ1) is 26.7. The molecule has 0 amide bonds. The molecule has 4 nitrogen and oxygen atoms in total. The van der Waals surface area contributed by atoms with Gasteiger partial charge in [-0.1, -0.05) is 112 Å². The van der Waals surface area contributed by atoms with Gasteiger partial charge in [-0.25, -0.2) is 0 Å². The predicted molar refractivity (Wildman–Crippen MR) is 226 cm³/mol. The fraction of sp³-hybridized carbons (Fsp3) is 0.160. The molecule has 12 rings (SSSR count). The Labute approximate surface area is 322 Å². The van der Waals surface area contributed by atoms with Crippen LogP contribution in [0.3, 0.4) is 0 Å². The maximum atomic E-state index is 6.49. The number of fused-ring (bicyclic) bond motifs is 5. The highest BCUT2D eigenvalue weighted by Crippen LogP contribution is 2.55. The Balaban J connectivity index is 1.17. The molecule has 2 unspecified atom stereocenters. The number of rotatable bonds is 2. The van der Waals surface area contributed by atoms with Crippen LogP contribution in [0.5, 0.6) is 23.0 Å². The summed E-state index contributed by atoms with van der Waals surface area (Å²) in [5, 5.41) is 0. The van der Waals surface area contributed by atoms with Crippen molar-refractivity contribution in [2.45, 2.75) is 51.9 Å². The molecule has 0 aliphatic carbocycles. The predicted octanol–water partition coefficient (Wildman–Crippen LogP) is 11.6. The van der Waals surface area contributed by atoms with Crippen molar-refractivity contribution in [2.24, 2.45) is 0 Å². The van der Waals surface area contributed by atoms with Crippen LogP contribution in [0.1, 0.15) is 74.3 Å². The highest BCUT2D eigenvalue weighted by atomic mass is 16.5. The topological polar surface area (TPSA) is 24.9 Å². The normalized spacial score (nSPS) is 17.4. The molecule has 55 heavy (non-hydrogen) atoms. The summed E-state index contributed by atoms with van der Waals surface area (Å²) in [7, 11) is 0. The number of para-hydroxylation sites is 8. The van der Waals surface area contributed by atoms with E-state index in [0.717, 1.165) is 57.1 Å². The van der Waals surface area contributed by atoms with Crippen molar-refractivity contribution in [3.8, 4) is 34.1 Å². The first-order valence-electron chi connectivity index (χ1n) is 19.6. The van der Waals surface area contributed by atoms with Crippen molar-refractivity contribution in [3.63, 3.8) is 0 Å². The van der Waals surface area contributed by atoms with E-state index >= 15 is 0 Å². The maximum absolute atomic E-state index is 6.49. The quantitative estimate of drug-likeness (QED) is 0.167. The Morgan fingerprint density at radius 3 is 1.16 bits per heavy atom.